The SMILES string of the molecule is CCCCNC(=O)c1csc(CN(CCCC)S(=O)(=O)c2cccc3ccccc23)n1. The van der Waals surface area contributed by atoms with Gasteiger partial charge < -0.3 is 5.32 Å². The minimum Gasteiger partial charge on any atom is -0.351 e. The Hall–Kier alpha value is -2.29. The lowest BCUT2D eigenvalue weighted by molar-refractivity contribution is 0.0948. The lowest BCUT2D eigenvalue weighted by atomic mass is 10.1. The number of rotatable bonds is 11. The molecule has 0 unspecified atom stereocenters. The lowest BCUT2D eigenvalue weighted by Crippen LogP contribution is -2.32. The summed E-state index contributed by atoms with van der Waals surface area (Å²) in [5, 5.41) is 6.75. The van der Waals surface area contributed by atoms with E-state index in [1.54, 1.807) is 17.5 Å². The molecule has 3 aromatic rings. The number of amides is 1. The second-order valence-corrected chi connectivity index (χ2v) is 10.3. The van der Waals surface area contributed by atoms with Crippen LogP contribution in [0.3, 0.4) is 0 Å². The van der Waals surface area contributed by atoms with Crippen molar-refractivity contribution < 1.29 is 13.2 Å². The van der Waals surface area contributed by atoms with E-state index in [9.17, 15) is 13.2 Å². The Balaban J connectivity index is 1.86. The van der Waals surface area contributed by atoms with Crippen LogP contribution in [-0.2, 0) is 16.6 Å². The smallest absolute Gasteiger partial charge is 0.270 e. The predicted octanol–water partition coefficient (Wildman–Crippen LogP) is 4.82. The minimum atomic E-state index is -3.73. The summed E-state index contributed by atoms with van der Waals surface area (Å²) in [6.45, 7) is 5.26. The van der Waals surface area contributed by atoms with E-state index in [0.717, 1.165) is 31.1 Å². The van der Waals surface area contributed by atoms with Crippen molar-refractivity contribution in [3.63, 3.8) is 0 Å². The van der Waals surface area contributed by atoms with Crippen LogP contribution in [-0.4, -0.2) is 36.7 Å². The highest BCUT2D eigenvalue weighted by molar-refractivity contribution is 7.89. The summed E-state index contributed by atoms with van der Waals surface area (Å²) in [5.41, 5.74) is 0.342. The number of fused-ring (bicyclic) bond motifs is 1. The zero-order chi connectivity index (χ0) is 22.3. The van der Waals surface area contributed by atoms with Crippen LogP contribution in [0.25, 0.3) is 10.8 Å². The second kappa shape index (κ2) is 10.8. The van der Waals surface area contributed by atoms with Crippen molar-refractivity contribution in [2.45, 2.75) is 51.0 Å². The third-order valence-electron chi connectivity index (χ3n) is 5.04. The van der Waals surface area contributed by atoms with Crippen LogP contribution in [0, 0.1) is 0 Å². The number of hydrogen-bond acceptors (Lipinski definition) is 5. The zero-order valence-electron chi connectivity index (χ0n) is 18.0. The van der Waals surface area contributed by atoms with E-state index in [1.165, 1.54) is 15.6 Å². The highest BCUT2D eigenvalue weighted by atomic mass is 32.2. The number of carbonyl (C=O) groups excluding carboxylic acids is 1. The van der Waals surface area contributed by atoms with Gasteiger partial charge in [-0.15, -0.1) is 11.3 Å². The summed E-state index contributed by atoms with van der Waals surface area (Å²) in [4.78, 5) is 17.0. The number of benzene rings is 2. The highest BCUT2D eigenvalue weighted by Gasteiger charge is 2.27. The molecular formula is C23H29N3O3S2. The van der Waals surface area contributed by atoms with Crippen molar-refractivity contribution in [3.8, 4) is 0 Å². The van der Waals surface area contributed by atoms with Gasteiger partial charge in [0.2, 0.25) is 10.0 Å². The first-order valence-corrected chi connectivity index (χ1v) is 13.0. The van der Waals surface area contributed by atoms with Crippen LogP contribution in [0.2, 0.25) is 0 Å². The molecule has 0 atom stereocenters. The molecule has 1 heterocycles. The summed E-state index contributed by atoms with van der Waals surface area (Å²) in [5.74, 6) is -0.215. The first-order valence-electron chi connectivity index (χ1n) is 10.7. The average Bonchev–Trinajstić information content (AvgIpc) is 3.25. The van der Waals surface area contributed by atoms with Gasteiger partial charge in [0.15, 0.2) is 0 Å². The van der Waals surface area contributed by atoms with Crippen LogP contribution in [0.4, 0.5) is 0 Å². The third-order valence-corrected chi connectivity index (χ3v) is 7.78. The Labute approximate surface area is 188 Å². The molecule has 0 bridgehead atoms. The predicted molar refractivity (Wildman–Crippen MR) is 126 cm³/mol. The van der Waals surface area contributed by atoms with Gasteiger partial charge in [0, 0.05) is 23.9 Å². The first-order chi connectivity index (χ1) is 15.0. The van der Waals surface area contributed by atoms with Crippen molar-refractivity contribution in [3.05, 3.63) is 58.5 Å². The maximum absolute atomic E-state index is 13.6. The van der Waals surface area contributed by atoms with Gasteiger partial charge in [0.25, 0.3) is 5.91 Å². The highest BCUT2D eigenvalue weighted by Crippen LogP contribution is 2.27. The molecule has 1 N–H and O–H groups in total. The fourth-order valence-corrected chi connectivity index (χ4v) is 5.81. The third kappa shape index (κ3) is 5.70. The van der Waals surface area contributed by atoms with Crippen molar-refractivity contribution in [1.82, 2.24) is 14.6 Å². The number of nitrogens with one attached hydrogen (secondary N) is 1. The molecule has 6 nitrogen and oxygen atoms in total. The summed E-state index contributed by atoms with van der Waals surface area (Å²) >= 11 is 1.32. The minimum absolute atomic E-state index is 0.151. The summed E-state index contributed by atoms with van der Waals surface area (Å²) in [6.07, 6.45) is 3.54. The molecule has 8 heteroatoms. The maximum atomic E-state index is 13.6. The van der Waals surface area contributed by atoms with Crippen molar-refractivity contribution in [2.24, 2.45) is 0 Å². The van der Waals surface area contributed by atoms with Gasteiger partial charge in [-0.1, -0.05) is 63.1 Å². The number of nitrogens with zero attached hydrogens (tertiary/aromatic N) is 2. The van der Waals surface area contributed by atoms with Gasteiger partial charge in [-0.3, -0.25) is 4.79 Å². The molecule has 0 spiro atoms. The van der Waals surface area contributed by atoms with Gasteiger partial charge in [-0.25, -0.2) is 13.4 Å². The molecule has 1 amide bonds. The molecule has 0 fully saturated rings. The number of aromatic nitrogens is 1. The molecular weight excluding hydrogens is 430 g/mol. The van der Waals surface area contributed by atoms with Gasteiger partial charge >= 0.3 is 0 Å². The Morgan fingerprint density at radius 2 is 1.81 bits per heavy atom. The fourth-order valence-electron chi connectivity index (χ4n) is 3.29. The second-order valence-electron chi connectivity index (χ2n) is 7.41. The summed E-state index contributed by atoms with van der Waals surface area (Å²) < 4.78 is 28.7. The van der Waals surface area contributed by atoms with E-state index in [4.69, 9.17) is 0 Å². The molecule has 0 aliphatic rings. The molecule has 2 aromatic carbocycles. The Bertz CT molecular complexity index is 1120. The Kier molecular flexibility index (Phi) is 8.17. The quantitative estimate of drug-likeness (QED) is 0.417. The van der Waals surface area contributed by atoms with Crippen molar-refractivity contribution >= 4 is 38.0 Å². The van der Waals surface area contributed by atoms with E-state index < -0.39 is 10.0 Å². The van der Waals surface area contributed by atoms with E-state index in [2.05, 4.69) is 17.2 Å². The Morgan fingerprint density at radius 1 is 1.06 bits per heavy atom. The molecule has 0 radical (unpaired) electrons. The molecule has 0 aliphatic heterocycles. The topological polar surface area (TPSA) is 79.4 Å². The first kappa shape index (κ1) is 23.4. The maximum Gasteiger partial charge on any atom is 0.270 e. The fraction of sp³-hybridized carbons (Fsp3) is 0.391. The number of thiazole rings is 1. The standard InChI is InChI=1S/C23H29N3O3S2/c1-3-5-14-24-23(27)20-17-30-22(25-20)16-26(15-6-4-2)31(28,29)21-13-9-11-18-10-7-8-12-19(18)21/h7-13,17H,3-6,14-16H2,1-2H3,(H,24,27). The van der Waals surface area contributed by atoms with Crippen LogP contribution >= 0.6 is 11.3 Å². The normalized spacial score (nSPS) is 11.8. The van der Waals surface area contributed by atoms with Crippen molar-refractivity contribution in [1.29, 1.82) is 0 Å². The van der Waals surface area contributed by atoms with Crippen LogP contribution < -0.4 is 5.32 Å². The summed E-state index contributed by atoms with van der Waals surface area (Å²) in [7, 11) is -3.73. The van der Waals surface area contributed by atoms with E-state index in [-0.39, 0.29) is 12.5 Å². The summed E-state index contributed by atoms with van der Waals surface area (Å²) in [6, 6.07) is 12.8. The van der Waals surface area contributed by atoms with Gasteiger partial charge in [-0.2, -0.15) is 4.31 Å². The number of unbranched alkanes of at least 4 members (excludes halogenated alkanes) is 2. The van der Waals surface area contributed by atoms with E-state index in [0.29, 0.717) is 34.1 Å². The number of hydrogen-bond donors (Lipinski definition) is 1. The van der Waals surface area contributed by atoms with Crippen LogP contribution in [0.1, 0.15) is 55.0 Å². The molecule has 3 rings (SSSR count). The van der Waals surface area contributed by atoms with Crippen LogP contribution in [0.5, 0.6) is 0 Å². The molecule has 166 valence electrons. The van der Waals surface area contributed by atoms with E-state index in [1.807, 2.05) is 37.3 Å². The number of carbonyl (C=O) groups is 1. The van der Waals surface area contributed by atoms with Gasteiger partial charge in [0.05, 0.1) is 11.4 Å². The van der Waals surface area contributed by atoms with Gasteiger partial charge in [-0.05, 0) is 24.3 Å². The van der Waals surface area contributed by atoms with Gasteiger partial charge in [0.1, 0.15) is 10.7 Å². The largest absolute Gasteiger partial charge is 0.351 e. The zero-order valence-corrected chi connectivity index (χ0v) is 19.6. The van der Waals surface area contributed by atoms with E-state index >= 15 is 0 Å². The molecule has 31 heavy (non-hydrogen) atoms. The Morgan fingerprint density at radius 3 is 2.58 bits per heavy atom. The molecule has 0 saturated carbocycles. The average molecular weight is 460 g/mol. The molecule has 0 saturated heterocycles. The molecule has 0 aliphatic carbocycles. The lowest BCUT2D eigenvalue weighted by Gasteiger charge is -2.22. The molecule has 1 aromatic heterocycles. The monoisotopic (exact) mass is 459 g/mol. The number of sulfonamides is 1. The van der Waals surface area contributed by atoms with Crippen LogP contribution in [0.15, 0.2) is 52.7 Å². The van der Waals surface area contributed by atoms with Crippen molar-refractivity contribution in [2.75, 3.05) is 13.1 Å².